The van der Waals surface area contributed by atoms with Crippen LogP contribution >= 0.6 is 11.8 Å². The van der Waals surface area contributed by atoms with E-state index in [9.17, 15) is 9.59 Å². The number of carbonyl (C=O) groups is 1. The lowest BCUT2D eigenvalue weighted by molar-refractivity contribution is -0.759. The number of H-pyrrole nitrogens is 1. The molecule has 30 heavy (non-hydrogen) atoms. The zero-order chi connectivity index (χ0) is 21.1. The first-order chi connectivity index (χ1) is 14.6. The summed E-state index contributed by atoms with van der Waals surface area (Å²) in [5, 5.41) is 17.3. The molecule has 3 N–H and O–H groups in total. The van der Waals surface area contributed by atoms with Crippen molar-refractivity contribution in [3.8, 4) is 17.0 Å². The van der Waals surface area contributed by atoms with Crippen LogP contribution < -0.4 is 20.3 Å². The standard InChI is InChI=1S/C21H18N4O4S/c1-2-11-30-21-23-20(28)18-15-5-3-4-6-16(15)22-19(25(18)24-21)13-7-9-14(10-8-13)29-12-17(26)27/h2-10,19H,1,11-12H2,(H2,23,24,26,27,28)/p+1/t19-/m1/s1. The lowest BCUT2D eigenvalue weighted by Crippen LogP contribution is -2.55. The molecule has 0 saturated heterocycles. The van der Waals surface area contributed by atoms with Crippen LogP contribution in [0.2, 0.25) is 0 Å². The predicted octanol–water partition coefficient (Wildman–Crippen LogP) is 2.44. The van der Waals surface area contributed by atoms with Gasteiger partial charge in [-0.25, -0.2) is 4.79 Å². The number of para-hydroxylation sites is 1. The maximum absolute atomic E-state index is 12.9. The molecule has 1 aromatic heterocycles. The largest absolute Gasteiger partial charge is 0.482 e. The molecule has 8 nitrogen and oxygen atoms in total. The van der Waals surface area contributed by atoms with Crippen LogP contribution in [0.5, 0.6) is 5.75 Å². The Morgan fingerprint density at radius 1 is 1.27 bits per heavy atom. The SMILES string of the molecule is C=CCSc1n[n+]2c(c(=O)[nH]1)-c1ccccc1N[C@H]2c1ccc(OCC(=O)O)cc1. The van der Waals surface area contributed by atoms with Crippen molar-refractivity contribution in [3.05, 3.63) is 77.1 Å². The fraction of sp³-hybridized carbons (Fsp3) is 0.143. The minimum atomic E-state index is -1.04. The average Bonchev–Trinajstić information content (AvgIpc) is 2.76. The quantitative estimate of drug-likeness (QED) is 0.304. The summed E-state index contributed by atoms with van der Waals surface area (Å²) in [4.78, 5) is 26.5. The van der Waals surface area contributed by atoms with E-state index in [1.54, 1.807) is 22.9 Å². The zero-order valence-corrected chi connectivity index (χ0v) is 16.7. The average molecular weight is 423 g/mol. The number of nitrogens with one attached hydrogen (secondary N) is 2. The van der Waals surface area contributed by atoms with Crippen molar-refractivity contribution >= 4 is 23.4 Å². The molecule has 0 aliphatic carbocycles. The van der Waals surface area contributed by atoms with Crippen molar-refractivity contribution < 1.29 is 19.3 Å². The van der Waals surface area contributed by atoms with Crippen LogP contribution in [0.3, 0.4) is 0 Å². The monoisotopic (exact) mass is 423 g/mol. The van der Waals surface area contributed by atoms with Gasteiger partial charge in [-0.1, -0.05) is 30.0 Å². The van der Waals surface area contributed by atoms with Gasteiger partial charge in [-0.2, -0.15) is 0 Å². The van der Waals surface area contributed by atoms with Gasteiger partial charge < -0.3 is 15.2 Å². The third-order valence-corrected chi connectivity index (χ3v) is 5.34. The number of aliphatic carboxylic acids is 1. The van der Waals surface area contributed by atoms with E-state index in [1.807, 2.05) is 36.4 Å². The summed E-state index contributed by atoms with van der Waals surface area (Å²) in [7, 11) is 0. The van der Waals surface area contributed by atoms with E-state index in [2.05, 4.69) is 22.0 Å². The third-order valence-electron chi connectivity index (χ3n) is 4.48. The Kier molecular flexibility index (Phi) is 5.53. The van der Waals surface area contributed by atoms with Gasteiger partial charge in [-0.05, 0) is 41.1 Å². The number of anilines is 1. The van der Waals surface area contributed by atoms with Gasteiger partial charge in [0.05, 0.1) is 11.3 Å². The van der Waals surface area contributed by atoms with Crippen LogP contribution in [0.15, 0.2) is 71.1 Å². The summed E-state index contributed by atoms with van der Waals surface area (Å²) in [6.45, 7) is 3.29. The normalized spacial score (nSPS) is 14.2. The van der Waals surface area contributed by atoms with E-state index in [-0.39, 0.29) is 5.56 Å². The molecule has 152 valence electrons. The van der Waals surface area contributed by atoms with Gasteiger partial charge in [0.1, 0.15) is 5.75 Å². The van der Waals surface area contributed by atoms with E-state index in [0.29, 0.717) is 22.4 Å². The molecule has 0 amide bonds. The molecule has 9 heteroatoms. The molecule has 3 aromatic rings. The van der Waals surface area contributed by atoms with E-state index in [1.165, 1.54) is 11.8 Å². The van der Waals surface area contributed by atoms with Crippen LogP contribution in [0.1, 0.15) is 11.7 Å². The molecule has 1 aliphatic rings. The van der Waals surface area contributed by atoms with Gasteiger partial charge >= 0.3 is 17.2 Å². The Morgan fingerprint density at radius 3 is 2.77 bits per heavy atom. The van der Waals surface area contributed by atoms with E-state index >= 15 is 0 Å². The molecule has 0 unspecified atom stereocenters. The number of rotatable bonds is 7. The van der Waals surface area contributed by atoms with E-state index in [0.717, 1.165) is 16.8 Å². The highest BCUT2D eigenvalue weighted by Crippen LogP contribution is 2.32. The van der Waals surface area contributed by atoms with Crippen LogP contribution in [0.25, 0.3) is 11.3 Å². The van der Waals surface area contributed by atoms with Crippen molar-refractivity contribution in [2.75, 3.05) is 17.7 Å². The minimum absolute atomic E-state index is 0.225. The van der Waals surface area contributed by atoms with Crippen LogP contribution in [-0.2, 0) is 4.79 Å². The Morgan fingerprint density at radius 2 is 2.03 bits per heavy atom. The van der Waals surface area contributed by atoms with Crippen LogP contribution in [0, 0.1) is 0 Å². The molecule has 2 heterocycles. The van der Waals surface area contributed by atoms with E-state index < -0.39 is 18.7 Å². The smallest absolute Gasteiger partial charge is 0.341 e. The molecular weight excluding hydrogens is 404 g/mol. The number of ether oxygens (including phenoxy) is 1. The lowest BCUT2D eigenvalue weighted by Gasteiger charge is -2.22. The maximum Gasteiger partial charge on any atom is 0.341 e. The van der Waals surface area contributed by atoms with Crippen LogP contribution in [0.4, 0.5) is 5.69 Å². The van der Waals surface area contributed by atoms with Crippen molar-refractivity contribution in [1.29, 1.82) is 0 Å². The number of carboxylic acids is 1. The summed E-state index contributed by atoms with van der Waals surface area (Å²) in [5.41, 5.74) is 2.67. The molecule has 2 aromatic carbocycles. The first kappa shape index (κ1) is 19.7. The van der Waals surface area contributed by atoms with Gasteiger partial charge in [0, 0.05) is 16.4 Å². The minimum Gasteiger partial charge on any atom is -0.482 e. The summed E-state index contributed by atoms with van der Waals surface area (Å²) in [5.74, 6) is 0.0258. The number of fused-ring (bicyclic) bond motifs is 3. The number of aromatic nitrogens is 3. The number of hydrogen-bond acceptors (Lipinski definition) is 6. The second-order valence-corrected chi connectivity index (χ2v) is 7.50. The topological polar surface area (TPSA) is 108 Å². The Bertz CT molecular complexity index is 1160. The van der Waals surface area contributed by atoms with Crippen molar-refractivity contribution in [2.45, 2.75) is 11.3 Å². The highest BCUT2D eigenvalue weighted by molar-refractivity contribution is 7.99. The van der Waals surface area contributed by atoms with Gasteiger partial charge in [-0.15, -0.1) is 6.58 Å². The second-order valence-electron chi connectivity index (χ2n) is 6.50. The highest BCUT2D eigenvalue weighted by Gasteiger charge is 2.37. The van der Waals surface area contributed by atoms with E-state index in [4.69, 9.17) is 9.84 Å². The first-order valence-corrected chi connectivity index (χ1v) is 10.2. The zero-order valence-electron chi connectivity index (χ0n) is 15.9. The molecular formula is C21H19N4O4S+. The summed E-state index contributed by atoms with van der Waals surface area (Å²) >= 11 is 1.39. The maximum atomic E-state index is 12.9. The molecule has 0 spiro atoms. The van der Waals surface area contributed by atoms with Crippen molar-refractivity contribution in [3.63, 3.8) is 0 Å². The molecule has 0 saturated carbocycles. The van der Waals surface area contributed by atoms with Crippen LogP contribution in [-0.4, -0.2) is 33.5 Å². The Balaban J connectivity index is 1.77. The number of carboxylic acid groups (broad SMARTS) is 1. The Labute approximate surface area is 176 Å². The predicted molar refractivity (Wildman–Crippen MR) is 113 cm³/mol. The Hall–Kier alpha value is -3.59. The fourth-order valence-electron chi connectivity index (χ4n) is 3.21. The van der Waals surface area contributed by atoms with Gasteiger partial charge in [0.15, 0.2) is 6.61 Å². The summed E-state index contributed by atoms with van der Waals surface area (Å²) in [6.07, 6.45) is 1.32. The number of benzene rings is 2. The lowest BCUT2D eigenvalue weighted by atomic mass is 10.0. The molecule has 1 atom stereocenters. The number of thioether (sulfide) groups is 1. The van der Waals surface area contributed by atoms with Gasteiger partial charge in [0.25, 0.3) is 6.17 Å². The molecule has 0 fully saturated rings. The fourth-order valence-corrected chi connectivity index (χ4v) is 3.79. The van der Waals surface area contributed by atoms with Gasteiger partial charge in [0.2, 0.25) is 5.16 Å². The molecule has 0 radical (unpaired) electrons. The molecule has 4 rings (SSSR count). The number of aromatic amines is 1. The van der Waals surface area contributed by atoms with Gasteiger partial charge in [-0.3, -0.25) is 9.78 Å². The number of nitrogens with zero attached hydrogens (tertiary/aromatic N) is 2. The summed E-state index contributed by atoms with van der Waals surface area (Å²) < 4.78 is 6.89. The summed E-state index contributed by atoms with van der Waals surface area (Å²) in [6, 6.07) is 14.6. The second kappa shape index (κ2) is 8.42. The first-order valence-electron chi connectivity index (χ1n) is 9.17. The molecule has 0 bridgehead atoms. The van der Waals surface area contributed by atoms with Crippen molar-refractivity contribution in [2.24, 2.45) is 0 Å². The third kappa shape index (κ3) is 3.92. The highest BCUT2D eigenvalue weighted by atomic mass is 32.2. The molecule has 1 aliphatic heterocycles. The van der Waals surface area contributed by atoms with Crippen molar-refractivity contribution in [1.82, 2.24) is 10.1 Å². The number of hydrogen-bond donors (Lipinski definition) is 3.